The zero-order valence-electron chi connectivity index (χ0n) is 20.9. The number of hydrogen-bond donors (Lipinski definition) is 2. The molecule has 0 bridgehead atoms. The average Bonchev–Trinajstić information content (AvgIpc) is 2.79. The maximum atomic E-state index is 12.9. The summed E-state index contributed by atoms with van der Waals surface area (Å²) in [5, 5.41) is 5.81. The highest BCUT2D eigenvalue weighted by Crippen LogP contribution is 2.24. The van der Waals surface area contributed by atoms with Crippen LogP contribution in [0.5, 0.6) is 5.75 Å². The van der Waals surface area contributed by atoms with Crippen molar-refractivity contribution >= 4 is 23.2 Å². The zero-order valence-corrected chi connectivity index (χ0v) is 20.9. The monoisotopic (exact) mass is 458 g/mol. The molecule has 0 aliphatic rings. The number of anilines is 2. The standard InChI is InChI=1S/C29H34N2O3/c1-7-25(34-26-13-8-10-19(2)20(26)3)28(33)31-24-12-9-11-23(18-24)30-27(32)21-14-16-22(17-15-21)29(4,5)6/h8-18,25H,7H2,1-6H3,(H,30,32)(H,31,33). The molecule has 2 amide bonds. The Labute approximate surface area is 202 Å². The maximum Gasteiger partial charge on any atom is 0.265 e. The van der Waals surface area contributed by atoms with Gasteiger partial charge >= 0.3 is 0 Å². The molecule has 3 aromatic carbocycles. The SMILES string of the molecule is CCC(Oc1cccc(C)c1C)C(=O)Nc1cccc(NC(=O)c2ccc(C(C)(C)C)cc2)c1. The van der Waals surface area contributed by atoms with Gasteiger partial charge < -0.3 is 15.4 Å². The van der Waals surface area contributed by atoms with Crippen LogP contribution in [0.1, 0.15) is 61.2 Å². The molecule has 0 heterocycles. The Hall–Kier alpha value is -3.60. The normalized spacial score (nSPS) is 12.1. The Morgan fingerprint density at radius 1 is 0.882 bits per heavy atom. The van der Waals surface area contributed by atoms with Gasteiger partial charge in [-0.1, -0.05) is 58.0 Å². The van der Waals surface area contributed by atoms with Gasteiger partial charge in [0, 0.05) is 16.9 Å². The number of benzene rings is 3. The Kier molecular flexibility index (Phi) is 7.77. The van der Waals surface area contributed by atoms with Crippen LogP contribution >= 0.6 is 0 Å². The Morgan fingerprint density at radius 2 is 1.50 bits per heavy atom. The molecular weight excluding hydrogens is 424 g/mol. The summed E-state index contributed by atoms with van der Waals surface area (Å²) >= 11 is 0. The largest absolute Gasteiger partial charge is 0.480 e. The lowest BCUT2D eigenvalue weighted by Gasteiger charge is -2.19. The van der Waals surface area contributed by atoms with Gasteiger partial charge in [-0.2, -0.15) is 0 Å². The smallest absolute Gasteiger partial charge is 0.265 e. The molecule has 0 aliphatic carbocycles. The second kappa shape index (κ2) is 10.6. The van der Waals surface area contributed by atoms with E-state index in [9.17, 15) is 9.59 Å². The highest BCUT2D eigenvalue weighted by Gasteiger charge is 2.20. The fourth-order valence-corrected chi connectivity index (χ4v) is 3.55. The van der Waals surface area contributed by atoms with E-state index in [1.807, 2.05) is 63.2 Å². The lowest BCUT2D eigenvalue weighted by atomic mass is 9.87. The van der Waals surface area contributed by atoms with E-state index < -0.39 is 6.10 Å². The molecule has 2 N–H and O–H groups in total. The number of carbonyl (C=O) groups is 2. The number of carbonyl (C=O) groups excluding carboxylic acids is 2. The van der Waals surface area contributed by atoms with Gasteiger partial charge in [0.15, 0.2) is 6.10 Å². The van der Waals surface area contributed by atoms with E-state index in [1.54, 1.807) is 24.3 Å². The van der Waals surface area contributed by atoms with E-state index in [2.05, 4.69) is 31.4 Å². The van der Waals surface area contributed by atoms with Crippen molar-refractivity contribution in [2.45, 2.75) is 59.5 Å². The molecule has 3 aromatic rings. The van der Waals surface area contributed by atoms with Crippen LogP contribution < -0.4 is 15.4 Å². The molecule has 0 saturated heterocycles. The molecule has 178 valence electrons. The Morgan fingerprint density at radius 3 is 2.12 bits per heavy atom. The van der Waals surface area contributed by atoms with Gasteiger partial charge in [0.25, 0.3) is 11.8 Å². The molecule has 0 fully saturated rings. The van der Waals surface area contributed by atoms with Gasteiger partial charge in [-0.15, -0.1) is 0 Å². The molecule has 34 heavy (non-hydrogen) atoms. The van der Waals surface area contributed by atoms with Crippen LogP contribution in [0.25, 0.3) is 0 Å². The molecular formula is C29H34N2O3. The second-order valence-electron chi connectivity index (χ2n) is 9.56. The molecule has 0 spiro atoms. The highest BCUT2D eigenvalue weighted by atomic mass is 16.5. The minimum atomic E-state index is -0.625. The summed E-state index contributed by atoms with van der Waals surface area (Å²) in [5.41, 5.74) is 5.11. The van der Waals surface area contributed by atoms with Gasteiger partial charge in [-0.3, -0.25) is 9.59 Å². The van der Waals surface area contributed by atoms with Crippen LogP contribution in [0.2, 0.25) is 0 Å². The van der Waals surface area contributed by atoms with Gasteiger partial charge in [0.2, 0.25) is 0 Å². The number of ether oxygens (including phenoxy) is 1. The summed E-state index contributed by atoms with van der Waals surface area (Å²) < 4.78 is 6.01. The highest BCUT2D eigenvalue weighted by molar-refractivity contribution is 6.04. The molecule has 0 aromatic heterocycles. The summed E-state index contributed by atoms with van der Waals surface area (Å²) in [4.78, 5) is 25.6. The predicted octanol–water partition coefficient (Wildman–Crippen LogP) is 6.65. The fourth-order valence-electron chi connectivity index (χ4n) is 3.55. The second-order valence-corrected chi connectivity index (χ2v) is 9.56. The van der Waals surface area contributed by atoms with E-state index in [4.69, 9.17) is 4.74 Å². The summed E-state index contributed by atoms with van der Waals surface area (Å²) in [6.45, 7) is 12.3. The maximum absolute atomic E-state index is 12.9. The van der Waals surface area contributed by atoms with Gasteiger partial charge in [-0.05, 0) is 78.8 Å². The van der Waals surface area contributed by atoms with Crippen molar-refractivity contribution in [2.24, 2.45) is 0 Å². The van der Waals surface area contributed by atoms with Crippen molar-refractivity contribution < 1.29 is 14.3 Å². The first-order valence-corrected chi connectivity index (χ1v) is 11.6. The van der Waals surface area contributed by atoms with Crippen LogP contribution in [0.15, 0.2) is 66.7 Å². The molecule has 0 radical (unpaired) electrons. The number of amides is 2. The average molecular weight is 459 g/mol. The number of hydrogen-bond acceptors (Lipinski definition) is 3. The predicted molar refractivity (Wildman–Crippen MR) is 139 cm³/mol. The van der Waals surface area contributed by atoms with E-state index in [-0.39, 0.29) is 17.2 Å². The molecule has 0 aliphatic heterocycles. The molecule has 1 atom stereocenters. The van der Waals surface area contributed by atoms with Crippen molar-refractivity contribution in [1.29, 1.82) is 0 Å². The first-order valence-electron chi connectivity index (χ1n) is 11.6. The lowest BCUT2D eigenvalue weighted by molar-refractivity contribution is -0.122. The molecule has 0 saturated carbocycles. The topological polar surface area (TPSA) is 67.4 Å². The summed E-state index contributed by atoms with van der Waals surface area (Å²) in [5.74, 6) is 0.277. The fraction of sp³-hybridized carbons (Fsp3) is 0.310. The summed E-state index contributed by atoms with van der Waals surface area (Å²) in [6, 6.07) is 20.5. The first kappa shape index (κ1) is 25.0. The van der Waals surface area contributed by atoms with Crippen molar-refractivity contribution in [3.63, 3.8) is 0 Å². The number of nitrogens with one attached hydrogen (secondary N) is 2. The molecule has 3 rings (SSSR count). The Balaban J connectivity index is 1.66. The molecule has 1 unspecified atom stereocenters. The first-order chi connectivity index (χ1) is 16.1. The van der Waals surface area contributed by atoms with Gasteiger partial charge in [0.1, 0.15) is 5.75 Å². The molecule has 5 heteroatoms. The van der Waals surface area contributed by atoms with E-state index in [1.165, 1.54) is 5.56 Å². The zero-order chi connectivity index (χ0) is 24.9. The third-order valence-electron chi connectivity index (χ3n) is 5.89. The van der Waals surface area contributed by atoms with Crippen LogP contribution in [-0.2, 0) is 10.2 Å². The number of aryl methyl sites for hydroxylation is 1. The van der Waals surface area contributed by atoms with Crippen molar-refractivity contribution in [1.82, 2.24) is 0 Å². The lowest BCUT2D eigenvalue weighted by Crippen LogP contribution is -2.32. The van der Waals surface area contributed by atoms with Gasteiger partial charge in [-0.25, -0.2) is 0 Å². The third-order valence-corrected chi connectivity index (χ3v) is 5.89. The summed E-state index contributed by atoms with van der Waals surface area (Å²) in [7, 11) is 0. The molecule has 5 nitrogen and oxygen atoms in total. The van der Waals surface area contributed by atoms with E-state index >= 15 is 0 Å². The third kappa shape index (κ3) is 6.25. The van der Waals surface area contributed by atoms with E-state index in [0.717, 1.165) is 11.1 Å². The minimum absolute atomic E-state index is 0.0274. The quantitative estimate of drug-likeness (QED) is 0.416. The van der Waals surface area contributed by atoms with Crippen molar-refractivity contribution in [2.75, 3.05) is 10.6 Å². The van der Waals surface area contributed by atoms with Crippen LogP contribution in [0.4, 0.5) is 11.4 Å². The van der Waals surface area contributed by atoms with Crippen LogP contribution in [0.3, 0.4) is 0 Å². The van der Waals surface area contributed by atoms with Crippen molar-refractivity contribution in [3.05, 3.63) is 89.0 Å². The van der Waals surface area contributed by atoms with Crippen LogP contribution in [0, 0.1) is 13.8 Å². The van der Waals surface area contributed by atoms with Crippen molar-refractivity contribution in [3.8, 4) is 5.75 Å². The van der Waals surface area contributed by atoms with E-state index in [0.29, 0.717) is 29.1 Å². The minimum Gasteiger partial charge on any atom is -0.480 e. The van der Waals surface area contributed by atoms with Crippen LogP contribution in [-0.4, -0.2) is 17.9 Å². The van der Waals surface area contributed by atoms with Gasteiger partial charge in [0.05, 0.1) is 0 Å². The number of rotatable bonds is 7. The summed E-state index contributed by atoms with van der Waals surface area (Å²) in [6.07, 6.45) is -0.0969. The Bertz CT molecular complexity index is 1160.